The van der Waals surface area contributed by atoms with E-state index in [4.69, 9.17) is 0 Å². The van der Waals surface area contributed by atoms with Gasteiger partial charge in [0.05, 0.1) is 0 Å². The van der Waals surface area contributed by atoms with Crippen molar-refractivity contribution >= 4 is 11.8 Å². The van der Waals surface area contributed by atoms with Gasteiger partial charge in [-0.05, 0) is 55.5 Å². The Kier molecular flexibility index (Phi) is 7.59. The van der Waals surface area contributed by atoms with Crippen LogP contribution in [0.4, 0.5) is 0 Å². The molecule has 2 aliphatic rings. The molecule has 0 spiro atoms. The van der Waals surface area contributed by atoms with Crippen LogP contribution in [0, 0.1) is 0 Å². The van der Waals surface area contributed by atoms with Crippen molar-refractivity contribution in [3.05, 3.63) is 71.3 Å². The molecule has 1 atom stereocenters. The van der Waals surface area contributed by atoms with Gasteiger partial charge in [0, 0.05) is 44.9 Å². The topological polar surface area (TPSA) is 52.7 Å². The van der Waals surface area contributed by atoms with Gasteiger partial charge < -0.3 is 15.1 Å². The van der Waals surface area contributed by atoms with E-state index in [-0.39, 0.29) is 23.8 Å². The van der Waals surface area contributed by atoms with Crippen LogP contribution >= 0.6 is 0 Å². The van der Waals surface area contributed by atoms with E-state index in [1.807, 2.05) is 42.3 Å². The van der Waals surface area contributed by atoms with Crippen LogP contribution in [0.25, 0.3) is 0 Å². The minimum absolute atomic E-state index is 0.0294. The molecule has 5 heteroatoms. The van der Waals surface area contributed by atoms with E-state index in [9.17, 15) is 9.59 Å². The van der Waals surface area contributed by atoms with Gasteiger partial charge in [0.15, 0.2) is 0 Å². The molecule has 2 aromatic rings. The number of rotatable bonds is 9. The normalized spacial score (nSPS) is 17.2. The summed E-state index contributed by atoms with van der Waals surface area (Å²) in [5.74, 6) is 0.0324. The van der Waals surface area contributed by atoms with E-state index in [2.05, 4.69) is 34.5 Å². The van der Waals surface area contributed by atoms with Gasteiger partial charge in [-0.25, -0.2) is 0 Å². The van der Waals surface area contributed by atoms with Crippen LogP contribution in [0.5, 0.6) is 0 Å². The lowest BCUT2D eigenvalue weighted by Gasteiger charge is -2.27. The Morgan fingerprint density at radius 1 is 0.969 bits per heavy atom. The Balaban J connectivity index is 1.34. The first-order chi connectivity index (χ1) is 15.6. The Bertz CT molecular complexity index is 883. The number of likely N-dealkylation sites (tertiary alicyclic amines) is 1. The maximum absolute atomic E-state index is 13.2. The molecule has 1 aliphatic carbocycles. The lowest BCUT2D eigenvalue weighted by molar-refractivity contribution is -0.132. The second kappa shape index (κ2) is 10.8. The molecule has 0 saturated carbocycles. The first-order valence-electron chi connectivity index (χ1n) is 12.0. The van der Waals surface area contributed by atoms with Crippen molar-refractivity contribution in [2.75, 3.05) is 33.2 Å². The summed E-state index contributed by atoms with van der Waals surface area (Å²) in [5.41, 5.74) is 3.74. The van der Waals surface area contributed by atoms with Crippen LogP contribution in [0.2, 0.25) is 0 Å². The number of fused-ring (bicyclic) bond motifs is 1. The first-order valence-corrected chi connectivity index (χ1v) is 12.0. The van der Waals surface area contributed by atoms with Gasteiger partial charge in [-0.1, -0.05) is 54.6 Å². The first kappa shape index (κ1) is 22.5. The van der Waals surface area contributed by atoms with Crippen molar-refractivity contribution in [1.29, 1.82) is 0 Å². The van der Waals surface area contributed by atoms with Gasteiger partial charge in [-0.15, -0.1) is 0 Å². The SMILES string of the molecule is CN(C(=O)CC(CC(=O)NCCN1CCCC1)c1ccccc1)C1Cc2ccccc2C1. The number of carbonyl (C=O) groups is 2. The lowest BCUT2D eigenvalue weighted by atomic mass is 9.91. The van der Waals surface area contributed by atoms with Crippen molar-refractivity contribution in [2.24, 2.45) is 0 Å². The monoisotopic (exact) mass is 433 g/mol. The Hall–Kier alpha value is -2.66. The molecule has 0 aromatic heterocycles. The summed E-state index contributed by atoms with van der Waals surface area (Å²) in [5, 5.41) is 3.07. The Morgan fingerprint density at radius 3 is 2.25 bits per heavy atom. The molecule has 1 unspecified atom stereocenters. The molecule has 2 aromatic carbocycles. The molecule has 5 nitrogen and oxygen atoms in total. The smallest absolute Gasteiger partial charge is 0.223 e. The Labute approximate surface area is 191 Å². The molecule has 1 saturated heterocycles. The van der Waals surface area contributed by atoms with Crippen LogP contribution < -0.4 is 5.32 Å². The average molecular weight is 434 g/mol. The number of likely N-dealkylation sites (N-methyl/N-ethyl adjacent to an activating group) is 1. The lowest BCUT2D eigenvalue weighted by Crippen LogP contribution is -2.39. The van der Waals surface area contributed by atoms with Gasteiger partial charge in [0.25, 0.3) is 0 Å². The van der Waals surface area contributed by atoms with E-state index >= 15 is 0 Å². The summed E-state index contributed by atoms with van der Waals surface area (Å²) >= 11 is 0. The van der Waals surface area contributed by atoms with Gasteiger partial charge in [-0.2, -0.15) is 0 Å². The van der Waals surface area contributed by atoms with Crippen molar-refractivity contribution < 1.29 is 9.59 Å². The zero-order valence-electron chi connectivity index (χ0n) is 19.1. The highest BCUT2D eigenvalue weighted by Gasteiger charge is 2.29. The van der Waals surface area contributed by atoms with Gasteiger partial charge in [0.1, 0.15) is 0 Å². The quantitative estimate of drug-likeness (QED) is 0.660. The molecule has 1 N–H and O–H groups in total. The molecule has 2 amide bonds. The molecule has 4 rings (SSSR count). The maximum atomic E-state index is 13.2. The van der Waals surface area contributed by atoms with Crippen molar-refractivity contribution in [2.45, 2.75) is 50.5 Å². The third-order valence-electron chi connectivity index (χ3n) is 7.04. The summed E-state index contributed by atoms with van der Waals surface area (Å²) in [7, 11) is 1.91. The predicted molar refractivity (Wildman–Crippen MR) is 128 cm³/mol. The fraction of sp³-hybridized carbons (Fsp3) is 0.481. The zero-order chi connectivity index (χ0) is 22.3. The summed E-state index contributed by atoms with van der Waals surface area (Å²) in [6.07, 6.45) is 5.02. The summed E-state index contributed by atoms with van der Waals surface area (Å²) < 4.78 is 0. The van der Waals surface area contributed by atoms with Crippen LogP contribution in [0.15, 0.2) is 54.6 Å². The molecule has 32 heavy (non-hydrogen) atoms. The van der Waals surface area contributed by atoms with E-state index in [1.54, 1.807) is 0 Å². The molecule has 1 heterocycles. The zero-order valence-corrected chi connectivity index (χ0v) is 19.1. The number of benzene rings is 2. The predicted octanol–water partition coefficient (Wildman–Crippen LogP) is 3.39. The summed E-state index contributed by atoms with van der Waals surface area (Å²) in [6.45, 7) is 3.85. The largest absolute Gasteiger partial charge is 0.355 e. The number of nitrogens with zero attached hydrogens (tertiary/aromatic N) is 2. The van der Waals surface area contributed by atoms with Gasteiger partial charge >= 0.3 is 0 Å². The minimum Gasteiger partial charge on any atom is -0.355 e. The van der Waals surface area contributed by atoms with Gasteiger partial charge in [-0.3, -0.25) is 9.59 Å². The van der Waals surface area contributed by atoms with Crippen LogP contribution in [0.3, 0.4) is 0 Å². The van der Waals surface area contributed by atoms with Crippen LogP contribution in [-0.2, 0) is 22.4 Å². The molecule has 1 aliphatic heterocycles. The van der Waals surface area contributed by atoms with E-state index in [0.29, 0.717) is 19.4 Å². The standard InChI is InChI=1S/C27H35N3O2/c1-29(25-17-22-11-5-6-12-23(22)18-25)27(32)20-24(21-9-3-2-4-10-21)19-26(31)28-13-16-30-14-7-8-15-30/h2-6,9-12,24-25H,7-8,13-20H2,1H3,(H,28,31). The highest BCUT2D eigenvalue weighted by Crippen LogP contribution is 2.28. The minimum atomic E-state index is -0.110. The van der Waals surface area contributed by atoms with Crippen molar-refractivity contribution in [1.82, 2.24) is 15.1 Å². The van der Waals surface area contributed by atoms with Crippen molar-refractivity contribution in [3.63, 3.8) is 0 Å². The second-order valence-electron chi connectivity index (χ2n) is 9.25. The average Bonchev–Trinajstić information content (AvgIpc) is 3.48. The Morgan fingerprint density at radius 2 is 1.59 bits per heavy atom. The van der Waals surface area contributed by atoms with Crippen LogP contribution in [-0.4, -0.2) is 60.9 Å². The van der Waals surface area contributed by atoms with Gasteiger partial charge in [0.2, 0.25) is 11.8 Å². The van der Waals surface area contributed by atoms with E-state index < -0.39 is 0 Å². The summed E-state index contributed by atoms with van der Waals surface area (Å²) in [4.78, 5) is 30.2. The molecule has 0 radical (unpaired) electrons. The van der Waals surface area contributed by atoms with Crippen LogP contribution in [0.1, 0.15) is 48.3 Å². The molecule has 0 bridgehead atoms. The molecular weight excluding hydrogens is 398 g/mol. The highest BCUT2D eigenvalue weighted by molar-refractivity contribution is 5.81. The van der Waals surface area contributed by atoms with E-state index in [0.717, 1.165) is 38.0 Å². The van der Waals surface area contributed by atoms with E-state index in [1.165, 1.54) is 24.0 Å². The third-order valence-corrected chi connectivity index (χ3v) is 7.04. The second-order valence-corrected chi connectivity index (χ2v) is 9.25. The molecule has 170 valence electrons. The maximum Gasteiger partial charge on any atom is 0.223 e. The summed E-state index contributed by atoms with van der Waals surface area (Å²) in [6, 6.07) is 18.6. The number of carbonyl (C=O) groups excluding carboxylic acids is 2. The molecule has 1 fully saturated rings. The number of amides is 2. The highest BCUT2D eigenvalue weighted by atomic mass is 16.2. The molecular formula is C27H35N3O2. The fourth-order valence-corrected chi connectivity index (χ4v) is 5.06. The number of hydrogen-bond donors (Lipinski definition) is 1. The van der Waals surface area contributed by atoms with Crippen molar-refractivity contribution in [3.8, 4) is 0 Å². The third kappa shape index (κ3) is 5.77. The number of nitrogens with one attached hydrogen (secondary N) is 1. The number of hydrogen-bond acceptors (Lipinski definition) is 3. The fourth-order valence-electron chi connectivity index (χ4n) is 5.06.